The number of halogens is 2. The van der Waals surface area contributed by atoms with Crippen LogP contribution in [0, 0.1) is 11.2 Å². The van der Waals surface area contributed by atoms with Gasteiger partial charge in [-0.05, 0) is 69.6 Å². The van der Waals surface area contributed by atoms with Gasteiger partial charge in [-0.1, -0.05) is 11.6 Å². The molecule has 0 radical (unpaired) electrons. The number of carbonyl (C=O) groups excluding carboxylic acids is 3. The smallest absolute Gasteiger partial charge is 0.273 e. The maximum absolute atomic E-state index is 13.6. The van der Waals surface area contributed by atoms with Gasteiger partial charge in [0.2, 0.25) is 5.91 Å². The molecule has 8 nitrogen and oxygen atoms in total. The molecule has 0 atom stereocenters. The Bertz CT molecular complexity index is 1140. The number of anilines is 1. The Hall–Kier alpha value is -2.94. The number of imidazole rings is 1. The molecule has 3 amide bonds. The summed E-state index contributed by atoms with van der Waals surface area (Å²) >= 11 is 6.26. The molecule has 0 bridgehead atoms. The zero-order valence-electron chi connectivity index (χ0n) is 18.7. The molecule has 2 aromatic rings. The molecular formula is C24H27ClFN5O3. The second-order valence-electron chi connectivity index (χ2n) is 9.60. The average molecular weight is 488 g/mol. The molecule has 2 saturated carbocycles. The molecule has 0 unspecified atom stereocenters. The number of nitrogens with one attached hydrogen (secondary N) is 1. The molecule has 1 saturated heterocycles. The summed E-state index contributed by atoms with van der Waals surface area (Å²) in [7, 11) is 0. The van der Waals surface area contributed by atoms with Gasteiger partial charge in [-0.3, -0.25) is 14.4 Å². The van der Waals surface area contributed by atoms with E-state index in [1.807, 2.05) is 4.90 Å². The number of amides is 3. The van der Waals surface area contributed by atoms with Gasteiger partial charge in [0.05, 0.1) is 17.0 Å². The molecule has 3 aliphatic rings. The summed E-state index contributed by atoms with van der Waals surface area (Å²) in [6, 6.07) is 4.23. The van der Waals surface area contributed by atoms with E-state index < -0.39 is 17.1 Å². The number of nitrogens with zero attached hydrogens (tertiary/aromatic N) is 3. The summed E-state index contributed by atoms with van der Waals surface area (Å²) in [5.74, 6) is -1.41. The van der Waals surface area contributed by atoms with E-state index in [9.17, 15) is 18.8 Å². The maximum atomic E-state index is 13.6. The molecule has 3 fully saturated rings. The first kappa shape index (κ1) is 22.8. The van der Waals surface area contributed by atoms with E-state index in [0.717, 1.165) is 25.7 Å². The van der Waals surface area contributed by atoms with Gasteiger partial charge in [-0.15, -0.1) is 0 Å². The summed E-state index contributed by atoms with van der Waals surface area (Å²) < 4.78 is 13.5. The van der Waals surface area contributed by atoms with Crippen molar-refractivity contribution in [2.45, 2.75) is 63.5 Å². The van der Waals surface area contributed by atoms with Crippen molar-refractivity contribution in [3.63, 3.8) is 0 Å². The van der Waals surface area contributed by atoms with Crippen LogP contribution >= 0.6 is 11.6 Å². The molecule has 3 N–H and O–H groups in total. The zero-order valence-corrected chi connectivity index (χ0v) is 19.5. The minimum atomic E-state index is -0.740. The summed E-state index contributed by atoms with van der Waals surface area (Å²) in [4.78, 5) is 49.0. The predicted molar refractivity (Wildman–Crippen MR) is 124 cm³/mol. The van der Waals surface area contributed by atoms with E-state index in [1.165, 1.54) is 18.5 Å². The molecule has 1 aliphatic heterocycles. The van der Waals surface area contributed by atoms with Crippen LogP contribution in [0.5, 0.6) is 0 Å². The predicted octanol–water partition coefficient (Wildman–Crippen LogP) is 3.66. The lowest BCUT2D eigenvalue weighted by Gasteiger charge is -2.47. The highest BCUT2D eigenvalue weighted by molar-refractivity contribution is 6.33. The quantitative estimate of drug-likeness (QED) is 0.670. The van der Waals surface area contributed by atoms with E-state index in [-0.39, 0.29) is 40.3 Å². The van der Waals surface area contributed by atoms with Gasteiger partial charge in [-0.25, -0.2) is 9.37 Å². The van der Waals surface area contributed by atoms with E-state index in [1.54, 1.807) is 11.0 Å². The fourth-order valence-electron chi connectivity index (χ4n) is 5.65. The molecule has 1 aromatic heterocycles. The fourth-order valence-corrected chi connectivity index (χ4v) is 5.92. The third-order valence-electron chi connectivity index (χ3n) is 7.50. The van der Waals surface area contributed by atoms with Crippen LogP contribution in [0.1, 0.15) is 72.3 Å². The number of carbonyl (C=O) groups is 3. The van der Waals surface area contributed by atoms with Gasteiger partial charge >= 0.3 is 0 Å². The number of aromatic amines is 1. The van der Waals surface area contributed by atoms with E-state index in [2.05, 4.69) is 9.97 Å². The van der Waals surface area contributed by atoms with Crippen molar-refractivity contribution in [3.8, 4) is 0 Å². The molecule has 34 heavy (non-hydrogen) atoms. The van der Waals surface area contributed by atoms with E-state index in [0.29, 0.717) is 37.9 Å². The number of aromatic nitrogens is 2. The summed E-state index contributed by atoms with van der Waals surface area (Å²) in [6.45, 7) is 0.553. The second-order valence-corrected chi connectivity index (χ2v) is 10.0. The standard InChI is InChI=1S/C24H27ClFN5O3/c25-17-12-14(26)2-5-18(17)30-11-1-8-24(23(30)34)9-6-16(7-10-24)31(15-3-4-15)22(33)20-19(21(27)32)28-13-29-20/h2,5,12-13,15-16H,1,3-4,6-11H2,(H2,27,32)(H,28,29). The third kappa shape index (κ3) is 3.96. The Morgan fingerprint density at radius 1 is 1.18 bits per heavy atom. The van der Waals surface area contributed by atoms with Crippen molar-refractivity contribution >= 4 is 35.0 Å². The van der Waals surface area contributed by atoms with Gasteiger partial charge < -0.3 is 20.5 Å². The second kappa shape index (κ2) is 8.69. The van der Waals surface area contributed by atoms with Crippen molar-refractivity contribution in [2.75, 3.05) is 11.4 Å². The molecule has 2 aliphatic carbocycles. The molecule has 1 aromatic carbocycles. The van der Waals surface area contributed by atoms with Crippen LogP contribution in [0.4, 0.5) is 10.1 Å². The van der Waals surface area contributed by atoms with Crippen LogP contribution in [0.3, 0.4) is 0 Å². The topological polar surface area (TPSA) is 112 Å². The van der Waals surface area contributed by atoms with Gasteiger partial charge in [0, 0.05) is 24.0 Å². The Morgan fingerprint density at radius 2 is 1.88 bits per heavy atom. The van der Waals surface area contributed by atoms with Gasteiger partial charge in [-0.2, -0.15) is 0 Å². The largest absolute Gasteiger partial charge is 0.364 e. The monoisotopic (exact) mass is 487 g/mol. The lowest BCUT2D eigenvalue weighted by Crippen LogP contribution is -2.53. The third-order valence-corrected chi connectivity index (χ3v) is 7.81. The number of nitrogens with two attached hydrogens (primary N) is 1. The van der Waals surface area contributed by atoms with Crippen LogP contribution in [0.25, 0.3) is 0 Å². The maximum Gasteiger partial charge on any atom is 0.273 e. The lowest BCUT2D eigenvalue weighted by atomic mass is 9.67. The average Bonchev–Trinajstić information content (AvgIpc) is 3.51. The van der Waals surface area contributed by atoms with Gasteiger partial charge in [0.15, 0.2) is 5.69 Å². The Balaban J connectivity index is 1.33. The SMILES string of the molecule is NC(=O)c1nc[nH]c1C(=O)N(C1CC1)C1CCC2(CCCN(c3ccc(F)cc3Cl)C2=O)CC1. The molecule has 10 heteroatoms. The highest BCUT2D eigenvalue weighted by Gasteiger charge is 2.49. The normalized spacial score (nSPS) is 24.9. The number of hydrogen-bond donors (Lipinski definition) is 2. The minimum absolute atomic E-state index is 0.0211. The zero-order chi connectivity index (χ0) is 24.0. The van der Waals surface area contributed by atoms with Crippen molar-refractivity contribution in [3.05, 3.63) is 46.8 Å². The first-order valence-electron chi connectivity index (χ1n) is 11.7. The number of H-pyrrole nitrogens is 1. The van der Waals surface area contributed by atoms with Gasteiger partial charge in [0.1, 0.15) is 11.5 Å². The summed E-state index contributed by atoms with van der Waals surface area (Å²) in [5, 5.41) is 0.231. The van der Waals surface area contributed by atoms with E-state index >= 15 is 0 Å². The number of rotatable bonds is 5. The Morgan fingerprint density at radius 3 is 2.53 bits per heavy atom. The minimum Gasteiger partial charge on any atom is -0.364 e. The van der Waals surface area contributed by atoms with Crippen LogP contribution in [0.2, 0.25) is 5.02 Å². The molecular weight excluding hydrogens is 461 g/mol. The van der Waals surface area contributed by atoms with Crippen molar-refractivity contribution < 1.29 is 18.8 Å². The van der Waals surface area contributed by atoms with Crippen LogP contribution in [0.15, 0.2) is 24.5 Å². The van der Waals surface area contributed by atoms with Crippen LogP contribution < -0.4 is 10.6 Å². The Kier molecular flexibility index (Phi) is 5.83. The lowest BCUT2D eigenvalue weighted by molar-refractivity contribution is -0.133. The molecule has 180 valence electrons. The highest BCUT2D eigenvalue weighted by atomic mass is 35.5. The van der Waals surface area contributed by atoms with Crippen molar-refractivity contribution in [2.24, 2.45) is 11.1 Å². The highest BCUT2D eigenvalue weighted by Crippen LogP contribution is 2.48. The summed E-state index contributed by atoms with van der Waals surface area (Å²) in [6.07, 6.45) is 7.49. The number of primary amides is 1. The Labute approximate surface area is 201 Å². The molecule has 2 heterocycles. The number of hydrogen-bond acceptors (Lipinski definition) is 4. The first-order chi connectivity index (χ1) is 16.3. The van der Waals surface area contributed by atoms with Crippen LogP contribution in [-0.4, -0.2) is 51.2 Å². The number of piperidine rings is 1. The van der Waals surface area contributed by atoms with Gasteiger partial charge in [0.25, 0.3) is 11.8 Å². The summed E-state index contributed by atoms with van der Waals surface area (Å²) in [5.41, 5.74) is 5.52. The number of benzene rings is 1. The molecule has 1 spiro atoms. The fraction of sp³-hybridized carbons (Fsp3) is 0.500. The van der Waals surface area contributed by atoms with E-state index in [4.69, 9.17) is 17.3 Å². The van der Waals surface area contributed by atoms with Crippen molar-refractivity contribution in [1.29, 1.82) is 0 Å². The molecule has 5 rings (SSSR count). The first-order valence-corrected chi connectivity index (χ1v) is 12.1. The van der Waals surface area contributed by atoms with Crippen LogP contribution in [-0.2, 0) is 4.79 Å². The van der Waals surface area contributed by atoms with Crippen molar-refractivity contribution in [1.82, 2.24) is 14.9 Å².